The first-order chi connectivity index (χ1) is 29.9. The van der Waals surface area contributed by atoms with Crippen molar-refractivity contribution in [3.05, 3.63) is 62.7 Å². The van der Waals surface area contributed by atoms with E-state index in [1.807, 2.05) is 34.6 Å². The van der Waals surface area contributed by atoms with Gasteiger partial charge in [-0.1, -0.05) is 19.9 Å². The predicted molar refractivity (Wildman–Crippen MR) is 244 cm³/mol. The lowest BCUT2D eigenvalue weighted by atomic mass is 9.82. The molecule has 344 valence electrons. The molecule has 0 saturated carbocycles. The van der Waals surface area contributed by atoms with Crippen LogP contribution in [0.4, 0.5) is 4.79 Å². The molecule has 3 aromatic rings. The van der Waals surface area contributed by atoms with Gasteiger partial charge in [-0.15, -0.1) is 12.8 Å². The summed E-state index contributed by atoms with van der Waals surface area (Å²) >= 11 is 1.67. The second-order valence-electron chi connectivity index (χ2n) is 17.1. The second-order valence-corrected chi connectivity index (χ2v) is 18.1. The van der Waals surface area contributed by atoms with Gasteiger partial charge in [-0.3, -0.25) is 10.2 Å². The maximum atomic E-state index is 14.6. The zero-order valence-corrected chi connectivity index (χ0v) is 39.8. The number of nitrogens with one attached hydrogen (secondary N) is 1. The summed E-state index contributed by atoms with van der Waals surface area (Å²) in [5.41, 5.74) is 4.22. The molecule has 4 aliphatic rings. The third-order valence-corrected chi connectivity index (χ3v) is 13.3. The van der Waals surface area contributed by atoms with E-state index >= 15 is 0 Å². The van der Waals surface area contributed by atoms with E-state index in [9.17, 15) is 19.8 Å². The number of esters is 1. The first kappa shape index (κ1) is 49.0. The van der Waals surface area contributed by atoms with Gasteiger partial charge in [0.25, 0.3) is 0 Å². The minimum Gasteiger partial charge on any atom is -0.507 e. The molecule has 1 fully saturated rings. The maximum Gasteiger partial charge on any atom is 0.514 e. The first-order valence-electron chi connectivity index (χ1n) is 21.3. The van der Waals surface area contributed by atoms with Crippen molar-refractivity contribution in [2.75, 3.05) is 60.6 Å². The molecular weight excluding hydrogens is 827 g/mol. The van der Waals surface area contributed by atoms with E-state index in [4.69, 9.17) is 33.2 Å². The number of methoxy groups -OCH3 is 2. The van der Waals surface area contributed by atoms with Gasteiger partial charge in [0.2, 0.25) is 6.79 Å². The zero-order chi connectivity index (χ0) is 46.7. The van der Waals surface area contributed by atoms with Crippen molar-refractivity contribution in [3.8, 4) is 53.1 Å². The average molecular weight is 892 g/mol. The summed E-state index contributed by atoms with van der Waals surface area (Å²) in [7, 11) is 5.15. The van der Waals surface area contributed by atoms with E-state index in [1.165, 1.54) is 7.11 Å². The lowest BCUT2D eigenvalue weighted by Crippen LogP contribution is -2.62. The Kier molecular flexibility index (Phi) is 15.4. The first-order valence-corrected chi connectivity index (χ1v) is 22.6. The minimum absolute atomic E-state index is 0.0110. The number of ether oxygens (including phenoxy) is 7. The van der Waals surface area contributed by atoms with Crippen LogP contribution in [0.5, 0.6) is 40.2 Å². The van der Waals surface area contributed by atoms with Crippen molar-refractivity contribution in [3.63, 3.8) is 0 Å². The number of phenols is 2. The van der Waals surface area contributed by atoms with Crippen LogP contribution in [0.2, 0.25) is 0 Å². The molecular formula is C48H65N3O11S. The fraction of sp³-hybridized carbons (Fsp3) is 0.542. The van der Waals surface area contributed by atoms with Crippen molar-refractivity contribution < 1.29 is 53.0 Å². The molecule has 7 rings (SSSR count). The summed E-state index contributed by atoms with van der Waals surface area (Å²) in [6, 6.07) is 4.98. The Balaban J connectivity index is 0.00000182. The number of terminal acetylenes is 1. The molecule has 5 atom stereocenters. The number of hydrogen-bond donors (Lipinski definition) is 3. The van der Waals surface area contributed by atoms with Gasteiger partial charge in [-0.25, -0.2) is 9.59 Å². The van der Waals surface area contributed by atoms with Crippen molar-refractivity contribution in [1.82, 2.24) is 15.1 Å². The number of fused-ring (bicyclic) bond motifs is 5. The zero-order valence-electron chi connectivity index (χ0n) is 39.0. The monoisotopic (exact) mass is 891 g/mol. The largest absolute Gasteiger partial charge is 0.514 e. The van der Waals surface area contributed by atoms with E-state index in [0.717, 1.165) is 33.4 Å². The molecule has 4 unspecified atom stereocenters. The fourth-order valence-corrected chi connectivity index (χ4v) is 10.3. The molecule has 0 aromatic heterocycles. The lowest BCUT2D eigenvalue weighted by Gasteiger charge is -2.54. The third-order valence-electron chi connectivity index (χ3n) is 12.3. The van der Waals surface area contributed by atoms with Crippen molar-refractivity contribution in [2.24, 2.45) is 0 Å². The molecule has 1 saturated heterocycles. The Morgan fingerprint density at radius 1 is 0.968 bits per heavy atom. The number of phenolic OH excluding ortho intramolecular Hbond substituents is 2. The number of nitrogens with zero attached hydrogens (tertiary/aromatic N) is 2. The highest BCUT2D eigenvalue weighted by Gasteiger charge is 2.51. The van der Waals surface area contributed by atoms with Gasteiger partial charge in [-0.05, 0) is 115 Å². The summed E-state index contributed by atoms with van der Waals surface area (Å²) in [5.74, 6) is 1.80. The van der Waals surface area contributed by atoms with Gasteiger partial charge in [0.15, 0.2) is 34.5 Å². The molecule has 0 radical (unpaired) electrons. The average Bonchev–Trinajstić information content (AvgIpc) is 3.75. The molecule has 0 amide bonds. The van der Waals surface area contributed by atoms with Crippen LogP contribution in [0, 0.1) is 33.6 Å². The molecule has 0 bridgehead atoms. The Morgan fingerprint density at radius 2 is 1.65 bits per heavy atom. The third kappa shape index (κ3) is 9.32. The van der Waals surface area contributed by atoms with Gasteiger partial charge in [0.05, 0.1) is 25.5 Å². The summed E-state index contributed by atoms with van der Waals surface area (Å²) in [6.45, 7) is 18.4. The molecule has 0 aliphatic carbocycles. The maximum absolute atomic E-state index is 14.6. The predicted octanol–water partition coefficient (Wildman–Crippen LogP) is 7.65. The van der Waals surface area contributed by atoms with Gasteiger partial charge >= 0.3 is 12.1 Å². The number of carbonyl (C=O) groups excluding carboxylic acids is 2. The fourth-order valence-electron chi connectivity index (χ4n) is 9.23. The minimum atomic E-state index is -1.28. The van der Waals surface area contributed by atoms with Crippen LogP contribution in [0.25, 0.3) is 0 Å². The van der Waals surface area contributed by atoms with Crippen LogP contribution in [-0.4, -0.2) is 110 Å². The number of piperazine rings is 1. The van der Waals surface area contributed by atoms with Crippen LogP contribution in [0.15, 0.2) is 18.2 Å². The number of hydrogen-bond acceptors (Lipinski definition) is 15. The molecule has 4 heterocycles. The number of aryl methyl sites for hydroxylation is 1. The van der Waals surface area contributed by atoms with Crippen LogP contribution in [-0.2, 0) is 32.6 Å². The number of benzene rings is 3. The van der Waals surface area contributed by atoms with Crippen molar-refractivity contribution >= 4 is 23.9 Å². The van der Waals surface area contributed by atoms with Crippen LogP contribution in [0.1, 0.15) is 97.3 Å². The summed E-state index contributed by atoms with van der Waals surface area (Å²) in [5, 5.41) is 26.2. The smallest absolute Gasteiger partial charge is 0.507 e. The van der Waals surface area contributed by atoms with Crippen LogP contribution >= 0.6 is 11.8 Å². The molecule has 3 aromatic carbocycles. The molecule has 3 N–H and O–H groups in total. The molecule has 14 nitrogen and oxygen atoms in total. The summed E-state index contributed by atoms with van der Waals surface area (Å²) in [4.78, 5) is 32.0. The lowest BCUT2D eigenvalue weighted by molar-refractivity contribution is -0.155. The highest BCUT2D eigenvalue weighted by atomic mass is 32.2. The second kappa shape index (κ2) is 19.8. The van der Waals surface area contributed by atoms with Crippen LogP contribution in [0.3, 0.4) is 0 Å². The van der Waals surface area contributed by atoms with E-state index in [-0.39, 0.29) is 53.7 Å². The topological polar surface area (TPSA) is 158 Å². The number of rotatable bonds is 9. The molecule has 63 heavy (non-hydrogen) atoms. The van der Waals surface area contributed by atoms with Gasteiger partial charge in [0, 0.05) is 48.4 Å². The van der Waals surface area contributed by atoms with E-state index in [2.05, 4.69) is 47.3 Å². The standard InChI is InChI=1S/C44H57N3O11S.C2H6.C2H2/c1-22-14-26(23(2)36(49)37(22)53-10)15-27-18-47-29(19-46(27)8)40(59-11)34-33(39-38(55-21-56-39)24(3)35(34)48)30(47)20-54-41(50)44(7)28-17-31(52-9)32(16-25(28)12-13-45-44)57-42(51)58-43(4,5)6;2*1-2/h14,16-17,27,29-30,40,45,48-49H,12-13,15,18-21H2,1-11H3;1-2H3;1-2H/t27?,29?,30?,40?,44-;;/m1../s1. The Labute approximate surface area is 376 Å². The van der Waals surface area contributed by atoms with Gasteiger partial charge in [0.1, 0.15) is 23.5 Å². The SMILES string of the molecule is C#C.CC.COc1cc2c(cc1OC(=O)OC(C)(C)C)CCN[C@@]2(C)C(=O)OCC1c2c3c(c(C)c(O)c2C(SC)C2CN(C)C(Cc4cc(C)c(OC)c(O)c4C)CN12)OCO3. The Bertz CT molecular complexity index is 2200. The van der Waals surface area contributed by atoms with E-state index in [0.29, 0.717) is 60.9 Å². The molecule has 0 spiro atoms. The number of thioether (sulfide) groups is 1. The highest BCUT2D eigenvalue weighted by molar-refractivity contribution is 7.98. The number of aromatic hydroxyl groups is 2. The number of likely N-dealkylation sites (N-methyl/N-ethyl adjacent to an activating group) is 1. The Hall–Kier alpha value is -5.01. The van der Waals surface area contributed by atoms with Gasteiger partial charge in [-0.2, -0.15) is 11.8 Å². The normalized spacial score (nSPS) is 22.4. The number of carbonyl (C=O) groups is 2. The molecule has 15 heteroatoms. The van der Waals surface area contributed by atoms with Gasteiger partial charge < -0.3 is 48.3 Å². The van der Waals surface area contributed by atoms with E-state index < -0.39 is 29.3 Å². The molecule has 4 aliphatic heterocycles. The van der Waals surface area contributed by atoms with Crippen LogP contribution < -0.4 is 29.0 Å². The quantitative estimate of drug-likeness (QED) is 0.109. The summed E-state index contributed by atoms with van der Waals surface area (Å²) < 4.78 is 40.7. The summed E-state index contributed by atoms with van der Waals surface area (Å²) in [6.07, 6.45) is 10.4. The van der Waals surface area contributed by atoms with Crippen molar-refractivity contribution in [2.45, 2.75) is 110 Å². The van der Waals surface area contributed by atoms with E-state index in [1.54, 1.807) is 58.7 Å². The highest BCUT2D eigenvalue weighted by Crippen LogP contribution is 2.58. The van der Waals surface area contributed by atoms with Crippen molar-refractivity contribution in [1.29, 1.82) is 0 Å². The Morgan fingerprint density at radius 3 is 2.29 bits per heavy atom.